The summed E-state index contributed by atoms with van der Waals surface area (Å²) in [6.07, 6.45) is 0. The maximum atomic E-state index is 11.7. The first kappa shape index (κ1) is 14.7. The normalized spacial score (nSPS) is 11.9. The molecule has 1 unspecified atom stereocenters. The van der Waals surface area contributed by atoms with Crippen LogP contribution in [0.1, 0.15) is 12.5 Å². The highest BCUT2D eigenvalue weighted by Gasteiger charge is 2.13. The smallest absolute Gasteiger partial charge is 0.310 e. The molecule has 3 nitrogen and oxygen atoms in total. The molecule has 1 atom stereocenters. The van der Waals surface area contributed by atoms with Gasteiger partial charge in [0.15, 0.2) is 0 Å². The minimum atomic E-state index is -0.216. The highest BCUT2D eigenvalue weighted by atomic mass is 35.5. The number of ether oxygens (including phenoxy) is 1. The Bertz CT molecular complexity index is 392. The summed E-state index contributed by atoms with van der Waals surface area (Å²) >= 11 is 5.61. The highest BCUT2D eigenvalue weighted by Crippen LogP contribution is 2.04. The Morgan fingerprint density at radius 1 is 1.44 bits per heavy atom. The Kier molecular flexibility index (Phi) is 6.47. The zero-order valence-corrected chi connectivity index (χ0v) is 11.2. The molecule has 0 amide bonds. The quantitative estimate of drug-likeness (QED) is 0.772. The molecule has 0 heterocycles. The molecule has 0 saturated carbocycles. The van der Waals surface area contributed by atoms with Crippen LogP contribution in [0.4, 0.5) is 0 Å². The van der Waals surface area contributed by atoms with Crippen LogP contribution in [0.2, 0.25) is 0 Å². The first-order valence-corrected chi connectivity index (χ1v) is 6.22. The Morgan fingerprint density at radius 2 is 2.11 bits per heavy atom. The molecule has 1 aromatic carbocycles. The molecule has 0 radical (unpaired) electrons. The van der Waals surface area contributed by atoms with Crippen molar-refractivity contribution in [3.05, 3.63) is 47.5 Å². The number of nitrogens with one attached hydrogen (secondary N) is 1. The van der Waals surface area contributed by atoms with Crippen molar-refractivity contribution in [3.63, 3.8) is 0 Å². The Balaban J connectivity index is 2.25. The fourth-order valence-corrected chi connectivity index (χ4v) is 1.47. The van der Waals surface area contributed by atoms with E-state index in [-0.39, 0.29) is 11.9 Å². The summed E-state index contributed by atoms with van der Waals surface area (Å²) < 4.78 is 5.21. The van der Waals surface area contributed by atoms with Crippen LogP contribution in [0.5, 0.6) is 0 Å². The number of esters is 1. The summed E-state index contributed by atoms with van der Waals surface area (Å²) in [5, 5.41) is 3.56. The number of hydrogen-bond donors (Lipinski definition) is 1. The number of carbonyl (C=O) groups excluding carboxylic acids is 1. The van der Waals surface area contributed by atoms with Gasteiger partial charge in [-0.25, -0.2) is 0 Å². The van der Waals surface area contributed by atoms with Gasteiger partial charge in [0.2, 0.25) is 0 Å². The third-order valence-corrected chi connectivity index (χ3v) is 2.53. The van der Waals surface area contributed by atoms with Crippen molar-refractivity contribution in [2.75, 3.05) is 13.1 Å². The van der Waals surface area contributed by atoms with Gasteiger partial charge >= 0.3 is 5.97 Å². The number of halogens is 1. The molecule has 0 spiro atoms. The van der Waals surface area contributed by atoms with E-state index < -0.39 is 0 Å². The SMILES string of the molecule is C=C(Cl)CNCC(C)C(=O)OCc1ccccc1. The van der Waals surface area contributed by atoms with E-state index in [9.17, 15) is 4.79 Å². The van der Waals surface area contributed by atoms with Crippen molar-refractivity contribution in [3.8, 4) is 0 Å². The summed E-state index contributed by atoms with van der Waals surface area (Å²) in [5.74, 6) is -0.420. The fraction of sp³-hybridized carbons (Fsp3) is 0.357. The van der Waals surface area contributed by atoms with Gasteiger partial charge < -0.3 is 10.1 Å². The van der Waals surface area contributed by atoms with Gasteiger partial charge in [0.05, 0.1) is 5.92 Å². The average Bonchev–Trinajstić information content (AvgIpc) is 2.36. The lowest BCUT2D eigenvalue weighted by Crippen LogP contribution is -2.28. The van der Waals surface area contributed by atoms with Crippen molar-refractivity contribution >= 4 is 17.6 Å². The molecule has 1 N–H and O–H groups in total. The van der Waals surface area contributed by atoms with Crippen LogP contribution in [-0.2, 0) is 16.1 Å². The van der Waals surface area contributed by atoms with E-state index in [4.69, 9.17) is 16.3 Å². The number of carbonyl (C=O) groups is 1. The highest BCUT2D eigenvalue weighted by molar-refractivity contribution is 6.29. The van der Waals surface area contributed by atoms with Gasteiger partial charge in [-0.2, -0.15) is 0 Å². The predicted molar refractivity (Wildman–Crippen MR) is 73.3 cm³/mol. The fourth-order valence-electron chi connectivity index (χ4n) is 1.38. The molecule has 0 fully saturated rings. The minimum Gasteiger partial charge on any atom is -0.461 e. The summed E-state index contributed by atoms with van der Waals surface area (Å²) in [6, 6.07) is 9.61. The monoisotopic (exact) mass is 267 g/mol. The third-order valence-electron chi connectivity index (χ3n) is 2.39. The van der Waals surface area contributed by atoms with Crippen LogP contribution in [0.15, 0.2) is 41.9 Å². The van der Waals surface area contributed by atoms with Gasteiger partial charge in [0.1, 0.15) is 6.61 Å². The maximum absolute atomic E-state index is 11.7. The van der Waals surface area contributed by atoms with Crippen LogP contribution < -0.4 is 5.32 Å². The van der Waals surface area contributed by atoms with E-state index in [1.54, 1.807) is 0 Å². The summed E-state index contributed by atoms with van der Waals surface area (Å²) in [4.78, 5) is 11.7. The lowest BCUT2D eigenvalue weighted by atomic mass is 10.2. The molecule has 0 aliphatic rings. The second-order valence-corrected chi connectivity index (χ2v) is 4.68. The molecule has 0 aromatic heterocycles. The van der Waals surface area contributed by atoms with E-state index in [0.29, 0.717) is 24.7 Å². The molecule has 1 rings (SSSR count). The zero-order chi connectivity index (χ0) is 13.4. The molecule has 98 valence electrons. The van der Waals surface area contributed by atoms with E-state index in [2.05, 4.69) is 11.9 Å². The van der Waals surface area contributed by atoms with Crippen molar-refractivity contribution in [1.82, 2.24) is 5.32 Å². The zero-order valence-electron chi connectivity index (χ0n) is 10.5. The molecule has 0 bridgehead atoms. The van der Waals surface area contributed by atoms with Crippen molar-refractivity contribution in [2.24, 2.45) is 5.92 Å². The van der Waals surface area contributed by atoms with E-state index >= 15 is 0 Å². The first-order chi connectivity index (χ1) is 8.59. The first-order valence-electron chi connectivity index (χ1n) is 5.84. The van der Waals surface area contributed by atoms with E-state index in [1.165, 1.54) is 0 Å². The van der Waals surface area contributed by atoms with Gasteiger partial charge in [-0.1, -0.05) is 55.4 Å². The largest absolute Gasteiger partial charge is 0.461 e. The van der Waals surface area contributed by atoms with Crippen LogP contribution in [0, 0.1) is 5.92 Å². The Hall–Kier alpha value is -1.32. The Labute approximate surface area is 113 Å². The molecule has 0 saturated heterocycles. The second-order valence-electron chi connectivity index (χ2n) is 4.14. The van der Waals surface area contributed by atoms with Crippen LogP contribution in [0.25, 0.3) is 0 Å². The van der Waals surface area contributed by atoms with Gasteiger partial charge in [0.25, 0.3) is 0 Å². The summed E-state index contributed by atoms with van der Waals surface area (Å²) in [6.45, 7) is 6.71. The minimum absolute atomic E-state index is 0.204. The molecule has 0 aliphatic heterocycles. The van der Waals surface area contributed by atoms with Crippen molar-refractivity contribution in [2.45, 2.75) is 13.5 Å². The molecule has 0 aliphatic carbocycles. The van der Waals surface area contributed by atoms with Gasteiger partial charge in [-0.3, -0.25) is 4.79 Å². The maximum Gasteiger partial charge on any atom is 0.310 e. The molecular formula is C14H18ClNO2. The summed E-state index contributed by atoms with van der Waals surface area (Å²) in [7, 11) is 0. The topological polar surface area (TPSA) is 38.3 Å². The van der Waals surface area contributed by atoms with E-state index in [1.807, 2.05) is 37.3 Å². The van der Waals surface area contributed by atoms with Crippen LogP contribution in [-0.4, -0.2) is 19.1 Å². The number of benzene rings is 1. The third kappa shape index (κ3) is 5.84. The molecular weight excluding hydrogens is 250 g/mol. The lowest BCUT2D eigenvalue weighted by Gasteiger charge is -2.12. The van der Waals surface area contributed by atoms with Gasteiger partial charge in [-0.05, 0) is 5.56 Å². The lowest BCUT2D eigenvalue weighted by molar-refractivity contribution is -0.149. The van der Waals surface area contributed by atoms with Gasteiger partial charge in [0, 0.05) is 18.1 Å². The number of hydrogen-bond acceptors (Lipinski definition) is 3. The Morgan fingerprint density at radius 3 is 2.72 bits per heavy atom. The van der Waals surface area contributed by atoms with Crippen LogP contribution in [0.3, 0.4) is 0 Å². The average molecular weight is 268 g/mol. The summed E-state index contributed by atoms with van der Waals surface area (Å²) in [5.41, 5.74) is 0.986. The van der Waals surface area contributed by atoms with Crippen LogP contribution >= 0.6 is 11.6 Å². The van der Waals surface area contributed by atoms with Crippen molar-refractivity contribution < 1.29 is 9.53 Å². The van der Waals surface area contributed by atoms with Crippen molar-refractivity contribution in [1.29, 1.82) is 0 Å². The molecule has 18 heavy (non-hydrogen) atoms. The predicted octanol–water partition coefficient (Wildman–Crippen LogP) is 2.71. The van der Waals surface area contributed by atoms with E-state index in [0.717, 1.165) is 5.56 Å². The standard InChI is InChI=1S/C14H18ClNO2/c1-11(8-16-9-12(2)15)14(17)18-10-13-6-4-3-5-7-13/h3-7,11,16H,2,8-10H2,1H3. The second kappa shape index (κ2) is 7.90. The molecule has 1 aromatic rings. The van der Waals surface area contributed by atoms with Gasteiger partial charge in [-0.15, -0.1) is 0 Å². The number of rotatable bonds is 7. The molecule has 4 heteroatoms.